The van der Waals surface area contributed by atoms with Crippen molar-refractivity contribution in [1.82, 2.24) is 5.32 Å². The van der Waals surface area contributed by atoms with E-state index in [1.54, 1.807) is 12.1 Å². The first-order chi connectivity index (χ1) is 10.1. The van der Waals surface area contributed by atoms with Crippen LogP contribution in [0.25, 0.3) is 0 Å². The van der Waals surface area contributed by atoms with Crippen LogP contribution in [-0.2, 0) is 0 Å². The van der Waals surface area contributed by atoms with Gasteiger partial charge in [-0.15, -0.1) is 11.8 Å². The summed E-state index contributed by atoms with van der Waals surface area (Å²) in [7, 11) is 0. The van der Waals surface area contributed by atoms with Crippen LogP contribution in [0, 0.1) is 12.7 Å². The summed E-state index contributed by atoms with van der Waals surface area (Å²) in [6, 6.07) is 12.4. The van der Waals surface area contributed by atoms with Crippen LogP contribution in [0.5, 0.6) is 0 Å². The summed E-state index contributed by atoms with van der Waals surface area (Å²) in [4.78, 5) is 13.0. The summed E-state index contributed by atoms with van der Waals surface area (Å²) in [5, 5.41) is 3.03. The van der Waals surface area contributed by atoms with Crippen molar-refractivity contribution >= 4 is 17.7 Å². The molecular formula is C17H16FNOS. The van der Waals surface area contributed by atoms with E-state index < -0.39 is 0 Å². The lowest BCUT2D eigenvalue weighted by Crippen LogP contribution is -2.30. The molecule has 2 aromatic rings. The standard InChI is InChI=1S/C17H16FNOS/c1-11-4-2-5-12(10-11)17(20)19-15-8-9-21-16-13(15)6-3-7-14(16)18/h2-7,10,15H,8-9H2,1H3,(H,19,20). The van der Waals surface area contributed by atoms with Gasteiger partial charge >= 0.3 is 0 Å². The molecule has 2 aromatic carbocycles. The fourth-order valence-electron chi connectivity index (χ4n) is 2.56. The maximum Gasteiger partial charge on any atom is 0.251 e. The van der Waals surface area contributed by atoms with Gasteiger partial charge in [-0.1, -0.05) is 29.8 Å². The van der Waals surface area contributed by atoms with E-state index in [4.69, 9.17) is 0 Å². The Morgan fingerprint density at radius 2 is 2.10 bits per heavy atom. The first-order valence-corrected chi connectivity index (χ1v) is 7.92. The number of rotatable bonds is 2. The highest BCUT2D eigenvalue weighted by Crippen LogP contribution is 2.37. The Bertz CT molecular complexity index is 686. The highest BCUT2D eigenvalue weighted by Gasteiger charge is 2.24. The number of hydrogen-bond acceptors (Lipinski definition) is 2. The molecule has 3 rings (SSSR count). The summed E-state index contributed by atoms with van der Waals surface area (Å²) in [5.41, 5.74) is 2.58. The van der Waals surface area contributed by atoms with Crippen molar-refractivity contribution in [2.75, 3.05) is 5.75 Å². The Labute approximate surface area is 127 Å². The molecule has 0 fully saturated rings. The number of benzene rings is 2. The molecule has 0 saturated heterocycles. The number of aryl methyl sites for hydroxylation is 1. The van der Waals surface area contributed by atoms with Crippen molar-refractivity contribution in [2.45, 2.75) is 24.3 Å². The minimum Gasteiger partial charge on any atom is -0.345 e. The normalized spacial score (nSPS) is 17.1. The number of thioether (sulfide) groups is 1. The Hall–Kier alpha value is -1.81. The van der Waals surface area contributed by atoms with Gasteiger partial charge in [0, 0.05) is 16.2 Å². The molecule has 1 unspecified atom stereocenters. The monoisotopic (exact) mass is 301 g/mol. The molecule has 0 saturated carbocycles. The zero-order valence-electron chi connectivity index (χ0n) is 11.7. The van der Waals surface area contributed by atoms with Gasteiger partial charge in [-0.05, 0) is 37.1 Å². The molecule has 1 aliphatic heterocycles. The van der Waals surface area contributed by atoms with Gasteiger partial charge in [0.15, 0.2) is 0 Å². The molecule has 0 radical (unpaired) electrons. The van der Waals surface area contributed by atoms with Crippen LogP contribution in [0.1, 0.15) is 33.9 Å². The molecule has 0 spiro atoms. The SMILES string of the molecule is Cc1cccc(C(=O)NC2CCSc3c(F)cccc32)c1. The highest BCUT2D eigenvalue weighted by atomic mass is 32.2. The van der Waals surface area contributed by atoms with Crippen LogP contribution in [0.15, 0.2) is 47.4 Å². The zero-order chi connectivity index (χ0) is 14.8. The molecule has 1 N–H and O–H groups in total. The largest absolute Gasteiger partial charge is 0.345 e. The third-order valence-electron chi connectivity index (χ3n) is 3.61. The van der Waals surface area contributed by atoms with Gasteiger partial charge in [-0.25, -0.2) is 4.39 Å². The number of hydrogen-bond donors (Lipinski definition) is 1. The first kappa shape index (κ1) is 14.1. The summed E-state index contributed by atoms with van der Waals surface area (Å²) < 4.78 is 13.8. The minimum atomic E-state index is -0.202. The zero-order valence-corrected chi connectivity index (χ0v) is 12.5. The minimum absolute atomic E-state index is 0.106. The second-order valence-corrected chi connectivity index (χ2v) is 6.30. The van der Waals surface area contributed by atoms with Crippen molar-refractivity contribution in [3.63, 3.8) is 0 Å². The number of fused-ring (bicyclic) bond motifs is 1. The summed E-state index contributed by atoms with van der Waals surface area (Å²) in [6.07, 6.45) is 0.818. The van der Waals surface area contributed by atoms with E-state index in [9.17, 15) is 9.18 Å². The van der Waals surface area contributed by atoms with Crippen LogP contribution in [-0.4, -0.2) is 11.7 Å². The third kappa shape index (κ3) is 2.95. The predicted molar refractivity (Wildman–Crippen MR) is 83.1 cm³/mol. The number of halogens is 1. The molecule has 1 atom stereocenters. The fourth-order valence-corrected chi connectivity index (χ4v) is 3.70. The molecule has 4 heteroatoms. The Morgan fingerprint density at radius 1 is 1.29 bits per heavy atom. The molecule has 0 bridgehead atoms. The van der Waals surface area contributed by atoms with Gasteiger partial charge in [0.2, 0.25) is 0 Å². The average molecular weight is 301 g/mol. The van der Waals surface area contributed by atoms with Crippen molar-refractivity contribution in [2.24, 2.45) is 0 Å². The van der Waals surface area contributed by atoms with Crippen molar-refractivity contribution in [3.05, 3.63) is 65.0 Å². The van der Waals surface area contributed by atoms with Crippen LogP contribution < -0.4 is 5.32 Å². The topological polar surface area (TPSA) is 29.1 Å². The lowest BCUT2D eigenvalue weighted by atomic mass is 10.0. The number of amides is 1. The van der Waals surface area contributed by atoms with Gasteiger partial charge in [0.25, 0.3) is 5.91 Å². The predicted octanol–water partition coefficient (Wildman–Crippen LogP) is 4.10. The van der Waals surface area contributed by atoms with Crippen LogP contribution in [0.3, 0.4) is 0 Å². The molecule has 1 amide bonds. The molecule has 0 aliphatic carbocycles. The van der Waals surface area contributed by atoms with E-state index in [2.05, 4.69) is 5.32 Å². The Morgan fingerprint density at radius 3 is 2.90 bits per heavy atom. The lowest BCUT2D eigenvalue weighted by Gasteiger charge is -2.26. The maximum atomic E-state index is 13.8. The van der Waals surface area contributed by atoms with Crippen molar-refractivity contribution in [1.29, 1.82) is 0 Å². The third-order valence-corrected chi connectivity index (χ3v) is 4.77. The van der Waals surface area contributed by atoms with Crippen molar-refractivity contribution in [3.8, 4) is 0 Å². The van der Waals surface area contributed by atoms with Gasteiger partial charge < -0.3 is 5.32 Å². The van der Waals surface area contributed by atoms with Gasteiger partial charge in [-0.3, -0.25) is 4.79 Å². The maximum absolute atomic E-state index is 13.8. The Kier molecular flexibility index (Phi) is 3.97. The first-order valence-electron chi connectivity index (χ1n) is 6.94. The molecule has 21 heavy (non-hydrogen) atoms. The lowest BCUT2D eigenvalue weighted by molar-refractivity contribution is 0.0934. The smallest absolute Gasteiger partial charge is 0.251 e. The van der Waals surface area contributed by atoms with E-state index in [1.807, 2.05) is 31.2 Å². The quantitative estimate of drug-likeness (QED) is 0.904. The van der Waals surface area contributed by atoms with Crippen LogP contribution in [0.4, 0.5) is 4.39 Å². The number of nitrogens with one attached hydrogen (secondary N) is 1. The van der Waals surface area contributed by atoms with Crippen LogP contribution in [0.2, 0.25) is 0 Å². The molecular weight excluding hydrogens is 285 g/mol. The molecule has 108 valence electrons. The summed E-state index contributed by atoms with van der Waals surface area (Å²) in [5.74, 6) is 0.505. The average Bonchev–Trinajstić information content (AvgIpc) is 2.48. The highest BCUT2D eigenvalue weighted by molar-refractivity contribution is 7.99. The van der Waals surface area contributed by atoms with E-state index in [1.165, 1.54) is 17.8 Å². The van der Waals surface area contributed by atoms with E-state index in [0.717, 1.165) is 23.3 Å². The number of carbonyl (C=O) groups is 1. The molecule has 1 aliphatic rings. The van der Waals surface area contributed by atoms with Crippen LogP contribution >= 0.6 is 11.8 Å². The number of carbonyl (C=O) groups excluding carboxylic acids is 1. The molecule has 0 aromatic heterocycles. The summed E-state index contributed by atoms with van der Waals surface area (Å²) in [6.45, 7) is 1.96. The fraction of sp³-hybridized carbons (Fsp3) is 0.235. The Balaban J connectivity index is 1.84. The van der Waals surface area contributed by atoms with Gasteiger partial charge in [0.1, 0.15) is 5.82 Å². The van der Waals surface area contributed by atoms with Gasteiger partial charge in [-0.2, -0.15) is 0 Å². The van der Waals surface area contributed by atoms with Gasteiger partial charge in [0.05, 0.1) is 6.04 Å². The van der Waals surface area contributed by atoms with E-state index in [-0.39, 0.29) is 17.8 Å². The molecule has 1 heterocycles. The second-order valence-electron chi connectivity index (χ2n) is 5.19. The second kappa shape index (κ2) is 5.90. The summed E-state index contributed by atoms with van der Waals surface area (Å²) >= 11 is 1.52. The van der Waals surface area contributed by atoms with E-state index in [0.29, 0.717) is 10.5 Å². The molecule has 2 nitrogen and oxygen atoms in total. The van der Waals surface area contributed by atoms with E-state index >= 15 is 0 Å². The van der Waals surface area contributed by atoms with Crippen molar-refractivity contribution < 1.29 is 9.18 Å².